The first-order chi connectivity index (χ1) is 46.3. The minimum absolute atomic E-state index is 0.0527. The Morgan fingerprint density at radius 3 is 1.43 bits per heavy atom. The molecule has 4 aliphatic rings. The number of ether oxygens (including phenoxy) is 6. The molecule has 0 spiro atoms. The fourth-order valence-corrected chi connectivity index (χ4v) is 10.8. The van der Waals surface area contributed by atoms with Crippen LogP contribution < -0.4 is 18.9 Å². The zero-order chi connectivity index (χ0) is 73.3. The van der Waals surface area contributed by atoms with Gasteiger partial charge < -0.3 is 58.0 Å². The zero-order valence-corrected chi connectivity index (χ0v) is 47.7. The molecule has 0 unspecified atom stereocenters. The Kier molecular flexibility index (Phi) is 13.2. The minimum atomic E-state index is -4.01. The van der Waals surface area contributed by atoms with Crippen molar-refractivity contribution in [1.29, 1.82) is 0 Å². The molecule has 4 heterocycles. The highest BCUT2D eigenvalue weighted by atomic mass is 19.3. The van der Waals surface area contributed by atoms with Gasteiger partial charge in [0.15, 0.2) is 23.0 Å². The lowest BCUT2D eigenvalue weighted by Crippen LogP contribution is -2.30. The van der Waals surface area contributed by atoms with Crippen molar-refractivity contribution in [3.8, 4) is 23.0 Å². The van der Waals surface area contributed by atoms with Crippen LogP contribution in [-0.4, -0.2) is 92.3 Å². The van der Waals surface area contributed by atoms with Crippen LogP contribution in [0.25, 0.3) is 21.8 Å². The third-order valence-electron chi connectivity index (χ3n) is 15.5. The van der Waals surface area contributed by atoms with E-state index in [-0.39, 0.29) is 83.0 Å². The predicted octanol–water partition coefficient (Wildman–Crippen LogP) is 11.6. The van der Waals surface area contributed by atoms with E-state index in [1.165, 1.54) is 36.6 Å². The van der Waals surface area contributed by atoms with E-state index >= 15 is 8.78 Å². The number of hydrogen-bond acceptors (Lipinski definition) is 12. The first-order valence-corrected chi connectivity index (χ1v) is 27.8. The molecule has 464 valence electrons. The van der Waals surface area contributed by atoms with E-state index in [0.717, 1.165) is 59.7 Å². The second kappa shape index (κ2) is 24.0. The van der Waals surface area contributed by atoms with Crippen LogP contribution in [-0.2, 0) is 79.9 Å². The zero-order valence-electron chi connectivity index (χ0n) is 59.7. The van der Waals surface area contributed by atoms with E-state index in [1.807, 2.05) is 36.4 Å². The SMILES string of the molecule is [2H]C([2H])(O)C(C)(C)c1cc2cc(CC(=O)C3(c4ccc5c(c4)OC(F)(F)O5)C([2H])([2H])C3([2H])[2H])c(F)cc2n1C[C@@H](O)CO.[2H]C([2H])(OCc1ccccc1)C(C)(C)c1cc2cc(CC(=O)C3(c4ccc5c(c4)OC(F)(F)O5)C([2H])([2H])C3([2H])[2H])c(F)cc2n1C[C@@H](O)COCc1ccccc1. The summed E-state index contributed by atoms with van der Waals surface area (Å²) in [6.45, 7) is -0.129. The lowest BCUT2D eigenvalue weighted by atomic mass is 9.87. The fourth-order valence-electron chi connectivity index (χ4n) is 10.8. The van der Waals surface area contributed by atoms with Crippen molar-refractivity contribution in [2.75, 3.05) is 26.3 Å². The van der Waals surface area contributed by atoms with Crippen LogP contribution in [0.4, 0.5) is 26.3 Å². The number of rotatable bonds is 24. The fraction of sp³-hybridized carbons (Fsp3) is 0.382. The summed E-state index contributed by atoms with van der Waals surface area (Å²) in [5.74, 6) is -5.78. The van der Waals surface area contributed by atoms with Gasteiger partial charge in [0, 0.05) is 56.8 Å². The number of hydrogen-bond donors (Lipinski definition) is 4. The second-order valence-corrected chi connectivity index (χ2v) is 22.9. The molecule has 0 radical (unpaired) electrons. The molecule has 2 fully saturated rings. The molecule has 0 saturated heterocycles. The number of aliphatic hydroxyl groups excluding tert-OH is 3. The predicted molar refractivity (Wildman–Crippen MR) is 313 cm³/mol. The van der Waals surface area contributed by atoms with Crippen LogP contribution in [0.1, 0.15) is 114 Å². The molecule has 14 nitrogen and oxygen atoms in total. The molecule has 2 atom stereocenters. The van der Waals surface area contributed by atoms with Crippen LogP contribution >= 0.6 is 0 Å². The molecule has 0 bridgehead atoms. The van der Waals surface area contributed by atoms with Gasteiger partial charge in [-0.05, 0) is 120 Å². The second-order valence-electron chi connectivity index (χ2n) is 22.9. The van der Waals surface area contributed by atoms with Gasteiger partial charge in [0.05, 0.1) is 92.2 Å². The number of carbonyl (C=O) groups excluding carboxylic acids is 2. The maximum atomic E-state index is 16.2. The molecule has 88 heavy (non-hydrogen) atoms. The van der Waals surface area contributed by atoms with Crippen molar-refractivity contribution in [3.05, 3.63) is 190 Å². The molecule has 20 heteroatoms. The van der Waals surface area contributed by atoms with Gasteiger partial charge in [0.1, 0.15) is 23.2 Å². The van der Waals surface area contributed by atoms with E-state index in [9.17, 15) is 47.6 Å². The highest BCUT2D eigenvalue weighted by Gasteiger charge is 2.54. The Bertz CT molecular complexity index is 4470. The Labute approximate surface area is 520 Å². The summed E-state index contributed by atoms with van der Waals surface area (Å²) in [5.41, 5.74) is -6.64. The van der Waals surface area contributed by atoms with Gasteiger partial charge >= 0.3 is 12.6 Å². The molecule has 4 N–H and O–H groups in total. The van der Waals surface area contributed by atoms with Gasteiger partial charge in [-0.15, -0.1) is 17.6 Å². The molecule has 2 aromatic heterocycles. The topological polar surface area (TPSA) is 180 Å². The number of carbonyl (C=O) groups is 2. The highest BCUT2D eigenvalue weighted by molar-refractivity contribution is 5.97. The van der Waals surface area contributed by atoms with Crippen LogP contribution in [0.5, 0.6) is 23.0 Å². The molecule has 6 aromatic carbocycles. The largest absolute Gasteiger partial charge is 0.586 e. The summed E-state index contributed by atoms with van der Waals surface area (Å²) in [6, 6.07) is 32.2. The molecule has 2 saturated carbocycles. The number of ketones is 2. The minimum Gasteiger partial charge on any atom is -0.395 e. The van der Waals surface area contributed by atoms with Gasteiger partial charge in [-0.25, -0.2) is 8.78 Å². The first-order valence-electron chi connectivity index (χ1n) is 33.8. The standard InChI is InChI=1S/C41H40F3NO6.C27H28F3NO6/c1-39(2,26-49-24-28-11-7-4-8-12-28)37-18-30-17-29(19-38(47)40(15-16-40)31-13-14-35-36(20-31)51-41(43,44)50-35)33(42)21-34(30)45(37)22-32(46)25-48-23-27-9-5-3-6-10-27;1-25(2,14-33)23-8-16-7-15(19(28)11-20(16)31(23)12-18(34)13-32)9-24(35)26(5-6-26)17-3-4-21-22(10-17)37-27(29,30)36-21/h3-14,17-18,20-21,32,46H,15-16,19,22-26H2,1-2H3;3-4,7-8,10-11,18,32-34H,5-6,9,12-14H2,1-2H3/t32-;18-/m11/s1/i15D2,16D2,26D2;5D2,6D2,14D2. The lowest BCUT2D eigenvalue weighted by molar-refractivity contribution is -0.287. The smallest absolute Gasteiger partial charge is 0.395 e. The Balaban J connectivity index is 0.000000210. The van der Waals surface area contributed by atoms with E-state index in [0.29, 0.717) is 11.1 Å². The van der Waals surface area contributed by atoms with Gasteiger partial charge in [-0.2, -0.15) is 0 Å². The number of nitrogens with zero attached hydrogens (tertiary/aromatic N) is 2. The average Bonchev–Trinajstić information content (AvgIpc) is 1.48. The molecule has 12 rings (SSSR count). The van der Waals surface area contributed by atoms with Gasteiger partial charge in [-0.3, -0.25) is 9.59 Å². The lowest BCUT2D eigenvalue weighted by Gasteiger charge is -2.28. The molecular weight excluding hydrogens is 1150 g/mol. The quantitative estimate of drug-likeness (QED) is 0.0421. The number of aromatic nitrogens is 2. The molecule has 2 aliphatic carbocycles. The van der Waals surface area contributed by atoms with Crippen molar-refractivity contribution >= 4 is 33.4 Å². The van der Waals surface area contributed by atoms with Crippen molar-refractivity contribution in [2.45, 2.75) is 139 Å². The van der Waals surface area contributed by atoms with E-state index in [4.69, 9.17) is 25.9 Å². The summed E-state index contributed by atoms with van der Waals surface area (Å²) >= 11 is 0. The maximum absolute atomic E-state index is 16.2. The van der Waals surface area contributed by atoms with Crippen molar-refractivity contribution in [3.63, 3.8) is 0 Å². The monoisotopic (exact) mass is 1230 g/mol. The van der Waals surface area contributed by atoms with E-state index in [1.54, 1.807) is 48.7 Å². The van der Waals surface area contributed by atoms with Gasteiger partial charge in [0.25, 0.3) is 0 Å². The van der Waals surface area contributed by atoms with Crippen LogP contribution in [0.2, 0.25) is 0 Å². The van der Waals surface area contributed by atoms with Crippen molar-refractivity contribution in [1.82, 2.24) is 9.13 Å². The summed E-state index contributed by atoms with van der Waals surface area (Å²) < 4.78 is 220. The average molecular weight is 1230 g/mol. The number of Topliss-reactive ketones (excluding diaryl/α,β-unsaturated/α-hetero) is 2. The molecule has 8 aromatic rings. The number of fused-ring (bicyclic) bond motifs is 4. The number of benzene rings is 6. The van der Waals surface area contributed by atoms with Crippen molar-refractivity contribution in [2.24, 2.45) is 0 Å². The third-order valence-corrected chi connectivity index (χ3v) is 15.5. The summed E-state index contributed by atoms with van der Waals surface area (Å²) in [7, 11) is 0. The van der Waals surface area contributed by atoms with Gasteiger partial charge in [0.2, 0.25) is 0 Å². The number of halogens is 6. The number of alkyl halides is 4. The first kappa shape index (κ1) is 48.2. The molecular formula is C68H68F6N2O12. The third kappa shape index (κ3) is 12.9. The van der Waals surface area contributed by atoms with E-state index in [2.05, 4.69) is 18.9 Å². The summed E-state index contributed by atoms with van der Waals surface area (Å²) in [4.78, 5) is 27.9. The Morgan fingerprint density at radius 1 is 0.580 bits per heavy atom. The summed E-state index contributed by atoms with van der Waals surface area (Å²) in [5, 5.41) is 41.5. The van der Waals surface area contributed by atoms with Crippen molar-refractivity contribution < 1.29 is 101 Å². The van der Waals surface area contributed by atoms with Crippen LogP contribution in [0, 0.1) is 11.6 Å². The normalized spacial score (nSPS) is 21.8. The van der Waals surface area contributed by atoms with Crippen LogP contribution in [0.15, 0.2) is 133 Å². The molecule has 2 aliphatic heterocycles. The van der Waals surface area contributed by atoms with Gasteiger partial charge in [-0.1, -0.05) is 100 Å². The maximum Gasteiger partial charge on any atom is 0.586 e. The Morgan fingerprint density at radius 2 is 1.00 bits per heavy atom. The number of aliphatic hydroxyl groups is 4. The Hall–Kier alpha value is -7.72. The summed E-state index contributed by atoms with van der Waals surface area (Å²) in [6.07, 6.45) is -23.3. The highest BCUT2D eigenvalue weighted by Crippen LogP contribution is 2.54. The van der Waals surface area contributed by atoms with Crippen LogP contribution in [0.3, 0.4) is 0 Å². The van der Waals surface area contributed by atoms with E-state index < -0.39 is 145 Å². The molecule has 0 amide bonds.